The lowest BCUT2D eigenvalue weighted by Gasteiger charge is -2.30. The van der Waals surface area contributed by atoms with Crippen molar-refractivity contribution >= 4 is 5.82 Å². The van der Waals surface area contributed by atoms with E-state index in [1.54, 1.807) is 0 Å². The maximum absolute atomic E-state index is 6.02. The van der Waals surface area contributed by atoms with E-state index >= 15 is 0 Å². The topological polar surface area (TPSA) is 57.9 Å². The second-order valence-corrected chi connectivity index (χ2v) is 5.35. The molecule has 1 aromatic heterocycles. The Labute approximate surface area is 113 Å². The van der Waals surface area contributed by atoms with Gasteiger partial charge in [0.2, 0.25) is 0 Å². The van der Waals surface area contributed by atoms with E-state index in [-0.39, 0.29) is 6.04 Å². The van der Waals surface area contributed by atoms with E-state index < -0.39 is 0 Å². The number of H-pyrrole nitrogens is 1. The number of hydrogen-bond donors (Lipinski definition) is 2. The van der Waals surface area contributed by atoms with Crippen LogP contribution in [0.5, 0.6) is 0 Å². The molecule has 4 heteroatoms. The third kappa shape index (κ3) is 2.63. The minimum atomic E-state index is 0.272. The zero-order valence-corrected chi connectivity index (χ0v) is 11.3. The number of benzene rings is 1. The number of hydrogen-bond acceptors (Lipinski definition) is 3. The lowest BCUT2D eigenvalue weighted by Crippen LogP contribution is -2.43. The summed E-state index contributed by atoms with van der Waals surface area (Å²) in [5.41, 5.74) is 9.52. The van der Waals surface area contributed by atoms with Crippen LogP contribution < -0.4 is 10.6 Å². The fraction of sp³-hybridized carbons (Fsp3) is 0.400. The highest BCUT2D eigenvalue weighted by atomic mass is 15.3. The van der Waals surface area contributed by atoms with Crippen molar-refractivity contribution < 1.29 is 0 Å². The van der Waals surface area contributed by atoms with Gasteiger partial charge in [0.1, 0.15) is 0 Å². The van der Waals surface area contributed by atoms with Gasteiger partial charge in [0.05, 0.1) is 5.69 Å². The predicted octanol–water partition coefficient (Wildman–Crippen LogP) is 2.31. The number of nitrogens with one attached hydrogen (secondary N) is 1. The van der Waals surface area contributed by atoms with Gasteiger partial charge in [-0.25, -0.2) is 0 Å². The van der Waals surface area contributed by atoms with Crippen LogP contribution >= 0.6 is 0 Å². The molecule has 1 unspecified atom stereocenters. The number of anilines is 1. The number of rotatable bonds is 2. The molecule has 0 spiro atoms. The number of nitrogens with zero attached hydrogens (tertiary/aromatic N) is 2. The van der Waals surface area contributed by atoms with Crippen molar-refractivity contribution in [1.29, 1.82) is 0 Å². The van der Waals surface area contributed by atoms with Crippen molar-refractivity contribution in [2.24, 2.45) is 5.73 Å². The summed E-state index contributed by atoms with van der Waals surface area (Å²) in [5.74, 6) is 1.01. The minimum Gasteiger partial charge on any atom is -0.354 e. The second kappa shape index (κ2) is 5.05. The molecule has 2 aromatic rings. The molecule has 19 heavy (non-hydrogen) atoms. The molecule has 4 nitrogen and oxygen atoms in total. The van der Waals surface area contributed by atoms with E-state index in [2.05, 4.69) is 52.4 Å². The van der Waals surface area contributed by atoms with E-state index in [1.165, 1.54) is 11.1 Å². The minimum absolute atomic E-state index is 0.272. The number of aromatic nitrogens is 2. The first kappa shape index (κ1) is 12.2. The van der Waals surface area contributed by atoms with Gasteiger partial charge in [-0.15, -0.1) is 0 Å². The lowest BCUT2D eigenvalue weighted by molar-refractivity contribution is 0.503. The molecule has 1 atom stereocenters. The number of nitrogens with two attached hydrogens (primary N) is 1. The van der Waals surface area contributed by atoms with Crippen molar-refractivity contribution in [2.75, 3.05) is 18.0 Å². The molecule has 3 rings (SSSR count). The fourth-order valence-electron chi connectivity index (χ4n) is 2.57. The quantitative estimate of drug-likeness (QED) is 0.867. The first-order chi connectivity index (χ1) is 9.22. The first-order valence-electron chi connectivity index (χ1n) is 6.85. The number of piperidine rings is 1. The highest BCUT2D eigenvalue weighted by Gasteiger charge is 2.19. The van der Waals surface area contributed by atoms with Gasteiger partial charge in [0, 0.05) is 25.2 Å². The van der Waals surface area contributed by atoms with Gasteiger partial charge in [0.25, 0.3) is 0 Å². The summed E-state index contributed by atoms with van der Waals surface area (Å²) in [6.45, 7) is 4.04. The standard InChI is InChI=1S/C15H20N4/c1-11-4-6-12(7-5-11)14-9-15(18-17-14)19-8-2-3-13(16)10-19/h4-7,9,13H,2-3,8,10,16H2,1H3,(H,17,18). The smallest absolute Gasteiger partial charge is 0.151 e. The van der Waals surface area contributed by atoms with Gasteiger partial charge < -0.3 is 10.6 Å². The van der Waals surface area contributed by atoms with Crippen LogP contribution in [-0.4, -0.2) is 29.3 Å². The first-order valence-corrected chi connectivity index (χ1v) is 6.85. The van der Waals surface area contributed by atoms with Gasteiger partial charge in [-0.2, -0.15) is 5.10 Å². The molecule has 1 aromatic carbocycles. The molecule has 2 heterocycles. The maximum Gasteiger partial charge on any atom is 0.151 e. The van der Waals surface area contributed by atoms with Crippen LogP contribution in [0.15, 0.2) is 30.3 Å². The Morgan fingerprint density at radius 1 is 1.32 bits per heavy atom. The molecule has 0 bridgehead atoms. The zero-order chi connectivity index (χ0) is 13.2. The van der Waals surface area contributed by atoms with Crippen LogP contribution in [0.25, 0.3) is 11.3 Å². The highest BCUT2D eigenvalue weighted by Crippen LogP contribution is 2.24. The molecule has 0 aliphatic carbocycles. The van der Waals surface area contributed by atoms with Crippen LogP contribution in [0.2, 0.25) is 0 Å². The lowest BCUT2D eigenvalue weighted by atomic mass is 10.1. The summed E-state index contributed by atoms with van der Waals surface area (Å²) in [7, 11) is 0. The summed E-state index contributed by atoms with van der Waals surface area (Å²) >= 11 is 0. The molecule has 1 aliphatic heterocycles. The summed E-state index contributed by atoms with van der Waals surface area (Å²) in [6, 6.07) is 10.9. The normalized spacial score (nSPS) is 19.7. The van der Waals surface area contributed by atoms with Crippen molar-refractivity contribution in [1.82, 2.24) is 10.2 Å². The average Bonchev–Trinajstić information content (AvgIpc) is 2.89. The molecular formula is C15H20N4. The van der Waals surface area contributed by atoms with Gasteiger partial charge in [-0.1, -0.05) is 29.8 Å². The Balaban J connectivity index is 1.81. The highest BCUT2D eigenvalue weighted by molar-refractivity contribution is 5.63. The third-order valence-electron chi connectivity index (χ3n) is 3.71. The van der Waals surface area contributed by atoms with E-state index in [4.69, 9.17) is 5.73 Å². The Kier molecular flexibility index (Phi) is 3.25. The second-order valence-electron chi connectivity index (χ2n) is 5.35. The third-order valence-corrected chi connectivity index (χ3v) is 3.71. The largest absolute Gasteiger partial charge is 0.354 e. The Morgan fingerprint density at radius 2 is 2.11 bits per heavy atom. The summed E-state index contributed by atoms with van der Waals surface area (Å²) in [4.78, 5) is 2.27. The molecule has 1 aliphatic rings. The number of aryl methyl sites for hydroxylation is 1. The molecule has 0 amide bonds. The van der Waals surface area contributed by atoms with Gasteiger partial charge in [-0.3, -0.25) is 5.10 Å². The summed E-state index contributed by atoms with van der Waals surface area (Å²) < 4.78 is 0. The molecular weight excluding hydrogens is 236 g/mol. The molecule has 3 N–H and O–H groups in total. The van der Waals surface area contributed by atoms with E-state index in [9.17, 15) is 0 Å². The molecule has 1 saturated heterocycles. The predicted molar refractivity (Wildman–Crippen MR) is 78.2 cm³/mol. The summed E-state index contributed by atoms with van der Waals surface area (Å²) in [6.07, 6.45) is 2.26. The van der Waals surface area contributed by atoms with Crippen LogP contribution in [0.3, 0.4) is 0 Å². The van der Waals surface area contributed by atoms with Crippen LogP contribution in [0.4, 0.5) is 5.82 Å². The SMILES string of the molecule is Cc1ccc(-c2cc(N3CCCC(N)C3)n[nH]2)cc1. The molecule has 0 saturated carbocycles. The van der Waals surface area contributed by atoms with Crippen LogP contribution in [0.1, 0.15) is 18.4 Å². The van der Waals surface area contributed by atoms with Crippen LogP contribution in [-0.2, 0) is 0 Å². The van der Waals surface area contributed by atoms with Crippen molar-refractivity contribution in [3.8, 4) is 11.3 Å². The average molecular weight is 256 g/mol. The van der Waals surface area contributed by atoms with Crippen molar-refractivity contribution in [3.63, 3.8) is 0 Å². The monoisotopic (exact) mass is 256 g/mol. The molecule has 100 valence electrons. The fourth-order valence-corrected chi connectivity index (χ4v) is 2.57. The van der Waals surface area contributed by atoms with Gasteiger partial charge >= 0.3 is 0 Å². The molecule has 1 fully saturated rings. The zero-order valence-electron chi connectivity index (χ0n) is 11.3. The van der Waals surface area contributed by atoms with Gasteiger partial charge in [0.15, 0.2) is 5.82 Å². The Bertz CT molecular complexity index is 544. The number of aromatic amines is 1. The van der Waals surface area contributed by atoms with E-state index in [0.717, 1.165) is 37.4 Å². The van der Waals surface area contributed by atoms with Crippen molar-refractivity contribution in [2.45, 2.75) is 25.8 Å². The summed E-state index contributed by atoms with van der Waals surface area (Å²) in [5, 5.41) is 7.54. The van der Waals surface area contributed by atoms with E-state index in [1.807, 2.05) is 0 Å². The maximum atomic E-state index is 6.02. The Hall–Kier alpha value is -1.81. The molecule has 0 radical (unpaired) electrons. The Morgan fingerprint density at radius 3 is 2.84 bits per heavy atom. The van der Waals surface area contributed by atoms with Gasteiger partial charge in [-0.05, 0) is 25.3 Å². The van der Waals surface area contributed by atoms with Crippen LogP contribution in [0, 0.1) is 6.92 Å². The van der Waals surface area contributed by atoms with E-state index in [0.29, 0.717) is 0 Å². The van der Waals surface area contributed by atoms with Crippen molar-refractivity contribution in [3.05, 3.63) is 35.9 Å².